The van der Waals surface area contributed by atoms with Crippen molar-refractivity contribution in [2.24, 2.45) is 0 Å². The molecule has 4 heteroatoms. The molecule has 2 aromatic heterocycles. The van der Waals surface area contributed by atoms with E-state index in [2.05, 4.69) is 9.97 Å². The summed E-state index contributed by atoms with van der Waals surface area (Å²) < 4.78 is 5.69. The smallest absolute Gasteiger partial charge is 0.246 e. The lowest BCUT2D eigenvalue weighted by molar-refractivity contribution is 0.655. The molecule has 0 amide bonds. The zero-order chi connectivity index (χ0) is 12.1. The molecule has 0 bridgehead atoms. The van der Waals surface area contributed by atoms with Crippen LogP contribution in [0.1, 0.15) is 0 Å². The van der Waals surface area contributed by atoms with E-state index in [1.54, 1.807) is 6.07 Å². The van der Waals surface area contributed by atoms with E-state index < -0.39 is 0 Å². The number of nitrogens with two attached hydrogens (primary N) is 1. The highest BCUT2D eigenvalue weighted by Crippen LogP contribution is 2.28. The van der Waals surface area contributed by atoms with Gasteiger partial charge in [-0.2, -0.15) is 0 Å². The van der Waals surface area contributed by atoms with Crippen LogP contribution in [0.5, 0.6) is 0 Å². The van der Waals surface area contributed by atoms with E-state index in [1.165, 1.54) is 0 Å². The van der Waals surface area contributed by atoms with Gasteiger partial charge in [-0.1, -0.05) is 12.1 Å². The lowest BCUT2D eigenvalue weighted by Crippen LogP contribution is -1.84. The van der Waals surface area contributed by atoms with Crippen molar-refractivity contribution in [1.82, 2.24) is 9.97 Å². The highest BCUT2D eigenvalue weighted by molar-refractivity contribution is 6.04. The fourth-order valence-electron chi connectivity index (χ4n) is 2.15. The van der Waals surface area contributed by atoms with E-state index in [0.29, 0.717) is 11.4 Å². The second kappa shape index (κ2) is 3.20. The molecule has 4 rings (SSSR count). The Balaban J connectivity index is 2.23. The number of benzene rings is 2. The third-order valence-electron chi connectivity index (χ3n) is 3.01. The van der Waals surface area contributed by atoms with Crippen LogP contribution < -0.4 is 5.73 Å². The summed E-state index contributed by atoms with van der Waals surface area (Å²) in [7, 11) is 0. The zero-order valence-electron chi connectivity index (χ0n) is 9.42. The third-order valence-corrected chi connectivity index (χ3v) is 3.01. The van der Waals surface area contributed by atoms with E-state index in [4.69, 9.17) is 10.2 Å². The van der Waals surface area contributed by atoms with E-state index in [-0.39, 0.29) is 0 Å². The first kappa shape index (κ1) is 9.41. The molecule has 0 aliphatic carbocycles. The van der Waals surface area contributed by atoms with E-state index >= 15 is 0 Å². The van der Waals surface area contributed by atoms with E-state index in [0.717, 1.165) is 27.5 Å². The van der Waals surface area contributed by atoms with E-state index in [1.807, 2.05) is 36.4 Å². The molecule has 0 aliphatic heterocycles. The Morgan fingerprint density at radius 2 is 1.72 bits per heavy atom. The van der Waals surface area contributed by atoms with Crippen LogP contribution in [-0.2, 0) is 0 Å². The van der Waals surface area contributed by atoms with Crippen molar-refractivity contribution in [3.8, 4) is 0 Å². The molecular formula is C14H9N3O. The minimum Gasteiger partial charge on any atom is -0.436 e. The van der Waals surface area contributed by atoms with Crippen LogP contribution in [0.3, 0.4) is 0 Å². The maximum absolute atomic E-state index is 5.74. The predicted molar refractivity (Wildman–Crippen MR) is 71.2 cm³/mol. The van der Waals surface area contributed by atoms with Gasteiger partial charge >= 0.3 is 0 Å². The quantitative estimate of drug-likeness (QED) is 0.475. The van der Waals surface area contributed by atoms with Crippen molar-refractivity contribution in [2.45, 2.75) is 0 Å². The Morgan fingerprint density at radius 1 is 0.944 bits per heavy atom. The molecule has 0 aliphatic rings. The lowest BCUT2D eigenvalue weighted by atomic mass is 10.2. The molecule has 2 aromatic carbocycles. The van der Waals surface area contributed by atoms with Gasteiger partial charge in [0.15, 0.2) is 0 Å². The number of hydrogen-bond acceptors (Lipinski definition) is 4. The molecule has 0 saturated heterocycles. The predicted octanol–water partition coefficient (Wildman–Crippen LogP) is 3.11. The maximum Gasteiger partial charge on any atom is 0.246 e. The van der Waals surface area contributed by atoms with Gasteiger partial charge in [0.05, 0.1) is 11.0 Å². The van der Waals surface area contributed by atoms with Crippen LogP contribution in [0.25, 0.3) is 33.2 Å². The number of nitrogens with zero attached hydrogens (tertiary/aromatic N) is 2. The van der Waals surface area contributed by atoms with Gasteiger partial charge in [-0.25, -0.2) is 9.97 Å². The summed E-state index contributed by atoms with van der Waals surface area (Å²) in [5.41, 5.74) is 10.2. The monoisotopic (exact) mass is 235 g/mol. The summed E-state index contributed by atoms with van der Waals surface area (Å²) in [6, 6.07) is 13.3. The Bertz CT molecular complexity index is 895. The number of hydrogen-bond donors (Lipinski definition) is 1. The van der Waals surface area contributed by atoms with Gasteiger partial charge in [-0.15, -0.1) is 0 Å². The summed E-state index contributed by atoms with van der Waals surface area (Å²) >= 11 is 0. The standard InChI is InChI=1S/C14H9N3O/c15-8-5-6-9-12(7-8)18-14-13(9)16-10-3-1-2-4-11(10)17-14/h1-7H,15H2. The number of furan rings is 1. The molecule has 0 spiro atoms. The van der Waals surface area contributed by atoms with E-state index in [9.17, 15) is 0 Å². The molecule has 2 heterocycles. The Labute approximate surface area is 102 Å². The Kier molecular flexibility index (Phi) is 1.67. The van der Waals surface area contributed by atoms with Crippen LogP contribution in [0.2, 0.25) is 0 Å². The van der Waals surface area contributed by atoms with Crippen LogP contribution in [-0.4, -0.2) is 9.97 Å². The third kappa shape index (κ3) is 1.20. The van der Waals surface area contributed by atoms with Crippen LogP contribution in [0.4, 0.5) is 5.69 Å². The van der Waals surface area contributed by atoms with Gasteiger partial charge in [-0.05, 0) is 24.3 Å². The Morgan fingerprint density at radius 3 is 2.56 bits per heavy atom. The maximum atomic E-state index is 5.74. The Hall–Kier alpha value is -2.62. The summed E-state index contributed by atoms with van der Waals surface area (Å²) in [5.74, 6) is 0. The first-order chi connectivity index (χ1) is 8.81. The van der Waals surface area contributed by atoms with Crippen molar-refractivity contribution >= 4 is 38.9 Å². The molecule has 2 N–H and O–H groups in total. The number of aromatic nitrogens is 2. The van der Waals surface area contributed by atoms with Crippen LogP contribution in [0.15, 0.2) is 46.9 Å². The topological polar surface area (TPSA) is 64.9 Å². The van der Waals surface area contributed by atoms with Gasteiger partial charge in [0.25, 0.3) is 0 Å². The first-order valence-corrected chi connectivity index (χ1v) is 5.66. The zero-order valence-corrected chi connectivity index (χ0v) is 9.42. The fourth-order valence-corrected chi connectivity index (χ4v) is 2.15. The summed E-state index contributed by atoms with van der Waals surface area (Å²) in [6.07, 6.45) is 0. The highest BCUT2D eigenvalue weighted by Gasteiger charge is 2.10. The molecular weight excluding hydrogens is 226 g/mol. The molecule has 0 atom stereocenters. The van der Waals surface area contributed by atoms with Gasteiger partial charge in [0.2, 0.25) is 5.71 Å². The number of anilines is 1. The molecule has 0 saturated carbocycles. The highest BCUT2D eigenvalue weighted by atomic mass is 16.3. The average molecular weight is 235 g/mol. The number of para-hydroxylation sites is 2. The second-order valence-corrected chi connectivity index (χ2v) is 4.22. The van der Waals surface area contributed by atoms with Crippen molar-refractivity contribution in [3.63, 3.8) is 0 Å². The molecule has 4 nitrogen and oxygen atoms in total. The molecule has 86 valence electrons. The van der Waals surface area contributed by atoms with Gasteiger partial charge in [0, 0.05) is 17.1 Å². The first-order valence-electron chi connectivity index (χ1n) is 5.66. The van der Waals surface area contributed by atoms with Gasteiger partial charge < -0.3 is 10.2 Å². The summed E-state index contributed by atoms with van der Waals surface area (Å²) in [4.78, 5) is 9.07. The lowest BCUT2D eigenvalue weighted by Gasteiger charge is -1.94. The summed E-state index contributed by atoms with van der Waals surface area (Å²) in [6.45, 7) is 0. The van der Waals surface area contributed by atoms with Crippen LogP contribution in [0, 0.1) is 0 Å². The molecule has 0 unspecified atom stereocenters. The van der Waals surface area contributed by atoms with Crippen molar-refractivity contribution in [3.05, 3.63) is 42.5 Å². The minimum absolute atomic E-state index is 0.550. The number of fused-ring (bicyclic) bond motifs is 4. The SMILES string of the molecule is Nc1ccc2c(c1)oc1nc3ccccc3nc12. The molecule has 4 aromatic rings. The molecule has 18 heavy (non-hydrogen) atoms. The number of nitrogen functional groups attached to an aromatic ring is 1. The fraction of sp³-hybridized carbons (Fsp3) is 0. The number of rotatable bonds is 0. The van der Waals surface area contributed by atoms with Crippen molar-refractivity contribution in [2.75, 3.05) is 5.73 Å². The van der Waals surface area contributed by atoms with Crippen molar-refractivity contribution in [1.29, 1.82) is 0 Å². The van der Waals surface area contributed by atoms with Gasteiger partial charge in [-0.3, -0.25) is 0 Å². The molecule has 0 fully saturated rings. The molecule has 0 radical (unpaired) electrons. The largest absolute Gasteiger partial charge is 0.436 e. The normalized spacial score (nSPS) is 11.6. The minimum atomic E-state index is 0.550. The second-order valence-electron chi connectivity index (χ2n) is 4.22. The van der Waals surface area contributed by atoms with Crippen LogP contribution >= 0.6 is 0 Å². The summed E-state index contributed by atoms with van der Waals surface area (Å²) in [5, 5.41) is 0.942. The average Bonchev–Trinajstić information content (AvgIpc) is 2.72. The van der Waals surface area contributed by atoms with Crippen molar-refractivity contribution < 1.29 is 4.42 Å². The van der Waals surface area contributed by atoms with Gasteiger partial charge in [0.1, 0.15) is 11.1 Å².